The molecule has 11 rings (SSSR count). The minimum atomic E-state index is 0.103. The maximum Gasteiger partial charge on any atom is 0.143 e. The van der Waals surface area contributed by atoms with Gasteiger partial charge in [0.2, 0.25) is 0 Å². The molecule has 0 radical (unpaired) electrons. The van der Waals surface area contributed by atoms with Crippen molar-refractivity contribution in [3.05, 3.63) is 188 Å². The van der Waals surface area contributed by atoms with Gasteiger partial charge in [0, 0.05) is 32.8 Å². The first-order valence-electron chi connectivity index (χ1n) is 19.5. The van der Waals surface area contributed by atoms with Gasteiger partial charge in [0.15, 0.2) is 0 Å². The van der Waals surface area contributed by atoms with Crippen LogP contribution in [0.3, 0.4) is 0 Å². The number of hydrogen-bond acceptors (Lipinski definition) is 1. The molecule has 0 N–H and O–H groups in total. The third-order valence-electron chi connectivity index (χ3n) is 11.8. The first-order valence-corrected chi connectivity index (χ1v) is 19.5. The van der Waals surface area contributed by atoms with E-state index >= 15 is 0 Å². The molecule has 2 heteroatoms. The van der Waals surface area contributed by atoms with E-state index in [-0.39, 0.29) is 5.41 Å². The van der Waals surface area contributed by atoms with Gasteiger partial charge in [-0.25, -0.2) is 0 Å². The number of hydrogen-bond donors (Lipinski definition) is 0. The molecule has 0 saturated heterocycles. The van der Waals surface area contributed by atoms with E-state index in [2.05, 4.69) is 195 Å². The summed E-state index contributed by atoms with van der Waals surface area (Å²) in [5.41, 5.74) is 14.1. The predicted molar refractivity (Wildman–Crippen MR) is 238 cm³/mol. The Morgan fingerprint density at radius 2 is 0.893 bits per heavy atom. The van der Waals surface area contributed by atoms with Crippen LogP contribution in [0, 0.1) is 0 Å². The highest BCUT2D eigenvalue weighted by atomic mass is 16.3. The van der Waals surface area contributed by atoms with Crippen molar-refractivity contribution < 1.29 is 4.42 Å². The summed E-state index contributed by atoms with van der Waals surface area (Å²) in [7, 11) is 0. The van der Waals surface area contributed by atoms with Crippen LogP contribution in [0.15, 0.2) is 186 Å². The molecule has 0 aliphatic heterocycles. The van der Waals surface area contributed by atoms with E-state index in [1.54, 1.807) is 0 Å². The molecule has 0 spiro atoms. The highest BCUT2D eigenvalue weighted by Crippen LogP contribution is 2.45. The van der Waals surface area contributed by atoms with Crippen molar-refractivity contribution in [3.63, 3.8) is 0 Å². The summed E-state index contributed by atoms with van der Waals surface area (Å²) in [6.07, 6.45) is 0. The van der Waals surface area contributed by atoms with E-state index in [1.165, 1.54) is 71.2 Å². The topological polar surface area (TPSA) is 18.1 Å². The fourth-order valence-electron chi connectivity index (χ4n) is 9.06. The molecule has 0 bridgehead atoms. The monoisotopic (exact) mass is 717 g/mol. The molecule has 2 nitrogen and oxygen atoms in total. The Kier molecular flexibility index (Phi) is 7.15. The van der Waals surface area contributed by atoms with Crippen molar-refractivity contribution in [3.8, 4) is 39.1 Å². The third kappa shape index (κ3) is 4.96. The largest absolute Gasteiger partial charge is 0.455 e. The van der Waals surface area contributed by atoms with Gasteiger partial charge >= 0.3 is 0 Å². The van der Waals surface area contributed by atoms with Crippen LogP contribution in [-0.2, 0) is 5.41 Å². The Bertz CT molecular complexity index is 3260. The van der Waals surface area contributed by atoms with E-state index in [9.17, 15) is 0 Å². The molecule has 0 fully saturated rings. The van der Waals surface area contributed by atoms with Crippen molar-refractivity contribution in [1.82, 2.24) is 4.57 Å². The summed E-state index contributed by atoms with van der Waals surface area (Å²) in [5.74, 6) is 0. The van der Waals surface area contributed by atoms with E-state index in [0.29, 0.717) is 0 Å². The van der Waals surface area contributed by atoms with Crippen LogP contribution in [0.2, 0.25) is 0 Å². The van der Waals surface area contributed by atoms with Gasteiger partial charge in [-0.1, -0.05) is 166 Å². The summed E-state index contributed by atoms with van der Waals surface area (Å²) in [6.45, 7) is 6.82. The van der Waals surface area contributed by atoms with Gasteiger partial charge < -0.3 is 8.98 Å². The number of aromatic nitrogens is 1. The normalized spacial score (nSPS) is 12.2. The Morgan fingerprint density at radius 3 is 1.52 bits per heavy atom. The smallest absolute Gasteiger partial charge is 0.143 e. The first kappa shape index (κ1) is 32.5. The number of furan rings is 1. The maximum atomic E-state index is 6.45. The van der Waals surface area contributed by atoms with Crippen molar-refractivity contribution in [2.75, 3.05) is 0 Å². The Hall–Kier alpha value is -6.90. The van der Waals surface area contributed by atoms with Crippen LogP contribution < -0.4 is 0 Å². The van der Waals surface area contributed by atoms with E-state index in [4.69, 9.17) is 4.42 Å². The van der Waals surface area contributed by atoms with Crippen LogP contribution in [0.4, 0.5) is 0 Å². The number of fused-ring (bicyclic) bond motifs is 8. The highest BCUT2D eigenvalue weighted by Gasteiger charge is 2.20. The van der Waals surface area contributed by atoms with E-state index < -0.39 is 0 Å². The average Bonchev–Trinajstić information content (AvgIpc) is 3.78. The van der Waals surface area contributed by atoms with Gasteiger partial charge in [-0.15, -0.1) is 0 Å². The van der Waals surface area contributed by atoms with Gasteiger partial charge in [0.05, 0.1) is 11.0 Å². The average molecular weight is 718 g/mol. The lowest BCUT2D eigenvalue weighted by Gasteiger charge is -2.21. The van der Waals surface area contributed by atoms with E-state index in [0.717, 1.165) is 38.8 Å². The second-order valence-electron chi connectivity index (χ2n) is 16.1. The van der Waals surface area contributed by atoms with Crippen LogP contribution in [0.1, 0.15) is 26.3 Å². The Morgan fingerprint density at radius 1 is 0.393 bits per heavy atom. The molecule has 0 aliphatic carbocycles. The Labute approximate surface area is 325 Å². The molecule has 56 heavy (non-hydrogen) atoms. The molecule has 2 heterocycles. The summed E-state index contributed by atoms with van der Waals surface area (Å²) >= 11 is 0. The predicted octanol–water partition coefficient (Wildman–Crippen LogP) is 15.3. The molecule has 266 valence electrons. The fourth-order valence-corrected chi connectivity index (χ4v) is 9.06. The summed E-state index contributed by atoms with van der Waals surface area (Å²) < 4.78 is 8.86. The molecule has 0 amide bonds. The molecule has 11 aromatic rings. The zero-order chi connectivity index (χ0) is 37.5. The molecular formula is C54H39NO. The summed E-state index contributed by atoms with van der Waals surface area (Å²) in [5, 5.41) is 9.80. The number of benzene rings is 9. The second kappa shape index (κ2) is 12.3. The van der Waals surface area contributed by atoms with Crippen molar-refractivity contribution in [2.24, 2.45) is 0 Å². The van der Waals surface area contributed by atoms with E-state index in [1.807, 2.05) is 12.1 Å². The minimum absolute atomic E-state index is 0.103. The Balaban J connectivity index is 1.05. The van der Waals surface area contributed by atoms with Crippen molar-refractivity contribution in [1.29, 1.82) is 0 Å². The zero-order valence-electron chi connectivity index (χ0n) is 31.7. The quantitative estimate of drug-likeness (QED) is 0.166. The zero-order valence-corrected chi connectivity index (χ0v) is 31.7. The minimum Gasteiger partial charge on any atom is -0.455 e. The van der Waals surface area contributed by atoms with Gasteiger partial charge in [-0.2, -0.15) is 0 Å². The van der Waals surface area contributed by atoms with Gasteiger partial charge in [-0.3, -0.25) is 0 Å². The first-order chi connectivity index (χ1) is 27.4. The molecule has 0 saturated carbocycles. The third-order valence-corrected chi connectivity index (χ3v) is 11.8. The fraction of sp³-hybridized carbons (Fsp3) is 0.0741. The lowest BCUT2D eigenvalue weighted by molar-refractivity contribution is 0.590. The van der Waals surface area contributed by atoms with Crippen LogP contribution >= 0.6 is 0 Å². The van der Waals surface area contributed by atoms with Crippen molar-refractivity contribution >= 4 is 65.3 Å². The van der Waals surface area contributed by atoms with Gasteiger partial charge in [0.25, 0.3) is 0 Å². The molecular weight excluding hydrogens is 679 g/mol. The summed E-state index contributed by atoms with van der Waals surface area (Å²) in [6, 6.07) is 66.6. The summed E-state index contributed by atoms with van der Waals surface area (Å²) in [4.78, 5) is 0. The SMILES string of the molecule is CC(C)(C)c1ccc(-c2c3ccccc3c(-c3ccc(-n4c5ccccc5c5cc(-c6cccc7c6oc6ccccc67)ccc54)cc3)c3ccccc23)cc1. The number of nitrogens with zero attached hydrogens (tertiary/aromatic N) is 1. The highest BCUT2D eigenvalue weighted by molar-refractivity contribution is 6.21. The van der Waals surface area contributed by atoms with Crippen LogP contribution in [-0.4, -0.2) is 4.57 Å². The lowest BCUT2D eigenvalue weighted by atomic mass is 9.83. The lowest BCUT2D eigenvalue weighted by Crippen LogP contribution is -2.10. The molecule has 0 atom stereocenters. The molecule has 0 aliphatic rings. The molecule has 9 aromatic carbocycles. The van der Waals surface area contributed by atoms with Crippen LogP contribution in [0.25, 0.3) is 104 Å². The standard InChI is InChI=1S/C54H39NO/c1-54(2,3)37-28-23-34(24-29-37)51-42-15-4-6-17-44(42)52(45-18-7-5-16-43(45)51)35-25-30-38(31-26-35)55-48-21-10-8-13-40(48)47-33-36(27-32-49(47)55)39-19-12-20-46-41-14-9-11-22-50(41)56-53(39)46/h4-33H,1-3H3. The van der Waals surface area contributed by atoms with Gasteiger partial charge in [0.1, 0.15) is 11.2 Å². The van der Waals surface area contributed by atoms with Crippen LogP contribution in [0.5, 0.6) is 0 Å². The number of para-hydroxylation sites is 3. The molecule has 2 aromatic heterocycles. The van der Waals surface area contributed by atoms with Gasteiger partial charge in [-0.05, 0) is 96.7 Å². The maximum absolute atomic E-state index is 6.45. The second-order valence-corrected chi connectivity index (χ2v) is 16.1. The van der Waals surface area contributed by atoms with Crippen molar-refractivity contribution in [2.45, 2.75) is 26.2 Å². The number of rotatable bonds is 4. The molecule has 0 unspecified atom stereocenters.